The Bertz CT molecular complexity index is 294. The highest BCUT2D eigenvalue weighted by molar-refractivity contribution is 5.73. The number of carbonyl (C=O) groups is 1. The van der Waals surface area contributed by atoms with E-state index in [4.69, 9.17) is 10.8 Å². The SMILES string of the molecule is CCCCCCCCCCCCCCCCCCCCCCCC(N)=O.CCO. The smallest absolute Gasteiger partial charge is 0.217 e. The van der Waals surface area contributed by atoms with Gasteiger partial charge >= 0.3 is 0 Å². The van der Waals surface area contributed by atoms with Crippen molar-refractivity contribution in [2.75, 3.05) is 6.61 Å². The van der Waals surface area contributed by atoms with Gasteiger partial charge in [0.05, 0.1) is 0 Å². The van der Waals surface area contributed by atoms with Crippen molar-refractivity contribution in [3.63, 3.8) is 0 Å². The lowest BCUT2D eigenvalue weighted by molar-refractivity contribution is -0.118. The molecule has 0 rings (SSSR count). The van der Waals surface area contributed by atoms with Crippen LogP contribution in [0.15, 0.2) is 0 Å². The van der Waals surface area contributed by atoms with E-state index in [-0.39, 0.29) is 12.5 Å². The molecule has 0 unspecified atom stereocenters. The molecule has 3 N–H and O–H groups in total. The van der Waals surface area contributed by atoms with E-state index in [1.807, 2.05) is 0 Å². The summed E-state index contributed by atoms with van der Waals surface area (Å²) in [6.07, 6.45) is 29.8. The molecule has 0 atom stereocenters. The van der Waals surface area contributed by atoms with Crippen molar-refractivity contribution >= 4 is 5.91 Å². The fourth-order valence-electron chi connectivity index (χ4n) is 3.73. The highest BCUT2D eigenvalue weighted by Crippen LogP contribution is 2.15. The number of rotatable bonds is 22. The standard InChI is InChI=1S/C24H49NO.C2H6O/c1-2-3-4-5-6-7-8-9-10-11-12-13-14-15-16-17-18-19-20-21-22-23-24(25)26;1-2-3/h2-23H2,1H3,(H2,25,26);3H,2H2,1H3. The molecule has 0 spiro atoms. The Morgan fingerprint density at radius 1 is 0.517 bits per heavy atom. The van der Waals surface area contributed by atoms with E-state index in [0.717, 1.165) is 6.42 Å². The largest absolute Gasteiger partial charge is 0.397 e. The molecule has 0 aliphatic carbocycles. The van der Waals surface area contributed by atoms with Crippen LogP contribution in [0.1, 0.15) is 155 Å². The zero-order valence-electron chi connectivity index (χ0n) is 20.2. The van der Waals surface area contributed by atoms with Gasteiger partial charge in [0.2, 0.25) is 5.91 Å². The Hall–Kier alpha value is -0.570. The summed E-state index contributed by atoms with van der Waals surface area (Å²) in [4.78, 5) is 10.6. The molecular formula is C26H55NO2. The number of hydrogen-bond donors (Lipinski definition) is 2. The van der Waals surface area contributed by atoms with Gasteiger partial charge in [-0.15, -0.1) is 0 Å². The Balaban J connectivity index is 0. The van der Waals surface area contributed by atoms with Crippen molar-refractivity contribution in [1.29, 1.82) is 0 Å². The van der Waals surface area contributed by atoms with Crippen LogP contribution in [0.2, 0.25) is 0 Å². The summed E-state index contributed by atoms with van der Waals surface area (Å²) in [7, 11) is 0. The van der Waals surface area contributed by atoms with Crippen molar-refractivity contribution < 1.29 is 9.90 Å². The minimum absolute atomic E-state index is 0.150. The molecule has 3 heteroatoms. The van der Waals surface area contributed by atoms with Crippen LogP contribution >= 0.6 is 0 Å². The van der Waals surface area contributed by atoms with Crippen molar-refractivity contribution in [2.45, 2.75) is 155 Å². The molecule has 0 bridgehead atoms. The third kappa shape index (κ3) is 35.3. The van der Waals surface area contributed by atoms with Crippen LogP contribution in [0.25, 0.3) is 0 Å². The second kappa shape index (κ2) is 29.6. The molecule has 0 aliphatic heterocycles. The Kier molecular flexibility index (Phi) is 31.3. The number of unbranched alkanes of at least 4 members (excludes halogenated alkanes) is 20. The van der Waals surface area contributed by atoms with Gasteiger partial charge in [-0.1, -0.05) is 135 Å². The number of hydrogen-bond acceptors (Lipinski definition) is 2. The van der Waals surface area contributed by atoms with Gasteiger partial charge < -0.3 is 10.8 Å². The number of carbonyl (C=O) groups excluding carboxylic acids is 1. The lowest BCUT2D eigenvalue weighted by atomic mass is 10.0. The molecule has 0 aromatic rings. The summed E-state index contributed by atoms with van der Waals surface area (Å²) in [5.74, 6) is -0.150. The van der Waals surface area contributed by atoms with E-state index in [0.29, 0.717) is 6.42 Å². The lowest BCUT2D eigenvalue weighted by Gasteiger charge is -2.04. The molecule has 0 radical (unpaired) electrons. The topological polar surface area (TPSA) is 63.3 Å². The third-order valence-corrected chi connectivity index (χ3v) is 5.53. The fraction of sp³-hybridized carbons (Fsp3) is 0.962. The number of amides is 1. The van der Waals surface area contributed by atoms with E-state index >= 15 is 0 Å². The summed E-state index contributed by atoms with van der Waals surface area (Å²) in [5.41, 5.74) is 5.14. The van der Waals surface area contributed by atoms with Gasteiger partial charge in [0, 0.05) is 13.0 Å². The minimum atomic E-state index is -0.150. The molecular weight excluding hydrogens is 358 g/mol. The molecule has 0 saturated carbocycles. The van der Waals surface area contributed by atoms with Gasteiger partial charge in [-0.05, 0) is 13.3 Å². The normalized spacial score (nSPS) is 10.6. The van der Waals surface area contributed by atoms with Crippen molar-refractivity contribution in [1.82, 2.24) is 0 Å². The van der Waals surface area contributed by atoms with Gasteiger partial charge in [-0.2, -0.15) is 0 Å². The van der Waals surface area contributed by atoms with Crippen LogP contribution in [0.3, 0.4) is 0 Å². The Labute approximate surface area is 183 Å². The van der Waals surface area contributed by atoms with E-state index in [2.05, 4.69) is 6.92 Å². The molecule has 0 aromatic carbocycles. The highest BCUT2D eigenvalue weighted by Gasteiger charge is 1.96. The summed E-state index contributed by atoms with van der Waals surface area (Å²) in [5, 5.41) is 7.57. The molecule has 1 amide bonds. The minimum Gasteiger partial charge on any atom is -0.397 e. The summed E-state index contributed by atoms with van der Waals surface area (Å²) < 4.78 is 0. The summed E-state index contributed by atoms with van der Waals surface area (Å²) in [6, 6.07) is 0. The first kappa shape index (κ1) is 30.6. The quantitative estimate of drug-likeness (QED) is 0.176. The first-order valence-corrected chi connectivity index (χ1v) is 13.1. The Morgan fingerprint density at radius 2 is 0.724 bits per heavy atom. The molecule has 3 nitrogen and oxygen atoms in total. The summed E-state index contributed by atoms with van der Waals surface area (Å²) in [6.45, 7) is 4.22. The first-order valence-electron chi connectivity index (χ1n) is 13.1. The molecule has 0 heterocycles. The van der Waals surface area contributed by atoms with Crippen LogP contribution < -0.4 is 5.73 Å². The maximum Gasteiger partial charge on any atom is 0.217 e. The second-order valence-electron chi connectivity index (χ2n) is 8.60. The van der Waals surface area contributed by atoms with Crippen molar-refractivity contribution in [3.8, 4) is 0 Å². The predicted molar refractivity (Wildman–Crippen MR) is 129 cm³/mol. The van der Waals surface area contributed by atoms with Gasteiger partial charge in [0.15, 0.2) is 0 Å². The summed E-state index contributed by atoms with van der Waals surface area (Å²) >= 11 is 0. The lowest BCUT2D eigenvalue weighted by Crippen LogP contribution is -2.09. The van der Waals surface area contributed by atoms with Crippen LogP contribution in [-0.2, 0) is 4.79 Å². The number of primary amides is 1. The maximum atomic E-state index is 10.6. The van der Waals surface area contributed by atoms with Crippen molar-refractivity contribution in [2.24, 2.45) is 5.73 Å². The molecule has 29 heavy (non-hydrogen) atoms. The van der Waals surface area contributed by atoms with Crippen molar-refractivity contribution in [3.05, 3.63) is 0 Å². The monoisotopic (exact) mass is 413 g/mol. The van der Waals surface area contributed by atoms with Crippen LogP contribution in [0.5, 0.6) is 0 Å². The average molecular weight is 414 g/mol. The predicted octanol–water partition coefficient (Wildman–Crippen LogP) is 8.07. The molecule has 0 aliphatic rings. The number of aliphatic hydroxyl groups is 1. The molecule has 0 fully saturated rings. The van der Waals surface area contributed by atoms with Gasteiger partial charge in [0.1, 0.15) is 0 Å². The van der Waals surface area contributed by atoms with Crippen LogP contribution in [0, 0.1) is 0 Å². The third-order valence-electron chi connectivity index (χ3n) is 5.53. The molecule has 176 valence electrons. The fourth-order valence-corrected chi connectivity index (χ4v) is 3.73. The van der Waals surface area contributed by atoms with E-state index in [1.54, 1.807) is 6.92 Å². The van der Waals surface area contributed by atoms with E-state index in [1.165, 1.54) is 128 Å². The highest BCUT2D eigenvalue weighted by atomic mass is 16.2. The van der Waals surface area contributed by atoms with E-state index in [9.17, 15) is 4.79 Å². The zero-order chi connectivity index (χ0) is 21.8. The first-order chi connectivity index (χ1) is 14.2. The van der Waals surface area contributed by atoms with Gasteiger partial charge in [-0.3, -0.25) is 4.79 Å². The van der Waals surface area contributed by atoms with Gasteiger partial charge in [-0.25, -0.2) is 0 Å². The molecule has 0 saturated heterocycles. The Morgan fingerprint density at radius 3 is 0.931 bits per heavy atom. The van der Waals surface area contributed by atoms with Gasteiger partial charge in [0.25, 0.3) is 0 Å². The van der Waals surface area contributed by atoms with Crippen LogP contribution in [0.4, 0.5) is 0 Å². The molecule has 0 aromatic heterocycles. The number of nitrogens with two attached hydrogens (primary N) is 1. The van der Waals surface area contributed by atoms with Crippen LogP contribution in [-0.4, -0.2) is 17.6 Å². The zero-order valence-corrected chi connectivity index (χ0v) is 20.2. The second-order valence-corrected chi connectivity index (χ2v) is 8.60. The van der Waals surface area contributed by atoms with E-state index < -0.39 is 0 Å². The maximum absolute atomic E-state index is 10.6. The number of aliphatic hydroxyl groups excluding tert-OH is 1. The average Bonchev–Trinajstić information content (AvgIpc) is 2.69.